The van der Waals surface area contributed by atoms with Crippen molar-refractivity contribution in [2.45, 2.75) is 71.0 Å². The van der Waals surface area contributed by atoms with Crippen LogP contribution in [0.2, 0.25) is 0 Å². The summed E-state index contributed by atoms with van der Waals surface area (Å²) in [6.07, 6.45) is 6.54. The minimum atomic E-state index is 0.746. The summed E-state index contributed by atoms with van der Waals surface area (Å²) < 4.78 is 0. The number of piperidine rings is 1. The molecule has 0 aromatic heterocycles. The van der Waals surface area contributed by atoms with Crippen LogP contribution in [0.3, 0.4) is 0 Å². The molecule has 0 radical (unpaired) electrons. The van der Waals surface area contributed by atoms with Crippen molar-refractivity contribution in [1.29, 1.82) is 0 Å². The third kappa shape index (κ3) is 4.12. The van der Waals surface area contributed by atoms with Gasteiger partial charge in [0.1, 0.15) is 0 Å². The quantitative estimate of drug-likeness (QED) is 0.753. The molecule has 1 rings (SSSR count). The van der Waals surface area contributed by atoms with Crippen LogP contribution in [0.4, 0.5) is 0 Å². The van der Waals surface area contributed by atoms with Crippen molar-refractivity contribution in [2.24, 2.45) is 0 Å². The second-order valence-electron chi connectivity index (χ2n) is 5.11. The van der Waals surface area contributed by atoms with Gasteiger partial charge in [0.05, 0.1) is 0 Å². The molecular formula is C13H28N2. The highest BCUT2D eigenvalue weighted by atomic mass is 15.1. The van der Waals surface area contributed by atoms with Crippen LogP contribution in [0.1, 0.15) is 52.9 Å². The van der Waals surface area contributed by atoms with Crippen LogP contribution in [0.5, 0.6) is 0 Å². The molecule has 2 heteroatoms. The number of nitrogens with zero attached hydrogens (tertiary/aromatic N) is 1. The standard InChI is InChI=1S/C13H28N2/c1-5-7-12(6-2)14-13-8-9-15(4)11(3)10-13/h11-14H,5-10H2,1-4H3. The number of likely N-dealkylation sites (tertiary alicyclic amines) is 1. The van der Waals surface area contributed by atoms with E-state index >= 15 is 0 Å². The number of nitrogens with one attached hydrogen (secondary N) is 1. The Morgan fingerprint density at radius 2 is 2.13 bits per heavy atom. The van der Waals surface area contributed by atoms with Gasteiger partial charge in [0, 0.05) is 18.1 Å². The molecule has 1 N–H and O–H groups in total. The fourth-order valence-electron chi connectivity index (χ4n) is 2.53. The Balaban J connectivity index is 2.31. The third-order valence-corrected chi connectivity index (χ3v) is 3.81. The SMILES string of the molecule is CCCC(CC)NC1CCN(C)C(C)C1. The molecule has 15 heavy (non-hydrogen) atoms. The molecule has 1 saturated heterocycles. The molecule has 0 aromatic rings. The molecule has 0 bridgehead atoms. The molecule has 0 amide bonds. The van der Waals surface area contributed by atoms with Crippen molar-refractivity contribution in [2.75, 3.05) is 13.6 Å². The lowest BCUT2D eigenvalue weighted by atomic mass is 9.97. The zero-order valence-corrected chi connectivity index (χ0v) is 10.9. The summed E-state index contributed by atoms with van der Waals surface area (Å²) in [6, 6.07) is 2.25. The van der Waals surface area contributed by atoms with Crippen molar-refractivity contribution < 1.29 is 0 Å². The molecule has 0 aromatic carbocycles. The molecule has 0 saturated carbocycles. The molecule has 90 valence electrons. The van der Waals surface area contributed by atoms with Gasteiger partial charge in [-0.25, -0.2) is 0 Å². The van der Waals surface area contributed by atoms with Crippen molar-refractivity contribution in [3.05, 3.63) is 0 Å². The molecular weight excluding hydrogens is 184 g/mol. The van der Waals surface area contributed by atoms with E-state index in [9.17, 15) is 0 Å². The maximum absolute atomic E-state index is 3.83. The summed E-state index contributed by atoms with van der Waals surface area (Å²) >= 11 is 0. The molecule has 2 nitrogen and oxygen atoms in total. The van der Waals surface area contributed by atoms with Gasteiger partial charge in [-0.15, -0.1) is 0 Å². The van der Waals surface area contributed by atoms with E-state index in [1.165, 1.54) is 38.6 Å². The van der Waals surface area contributed by atoms with E-state index in [2.05, 4.69) is 38.0 Å². The van der Waals surface area contributed by atoms with Gasteiger partial charge >= 0.3 is 0 Å². The highest BCUT2D eigenvalue weighted by Crippen LogP contribution is 2.17. The summed E-state index contributed by atoms with van der Waals surface area (Å²) in [7, 11) is 2.24. The summed E-state index contributed by atoms with van der Waals surface area (Å²) in [5.74, 6) is 0. The predicted molar refractivity (Wildman–Crippen MR) is 67.2 cm³/mol. The molecule has 3 unspecified atom stereocenters. The van der Waals surface area contributed by atoms with Gasteiger partial charge in [0.2, 0.25) is 0 Å². The number of hydrogen-bond donors (Lipinski definition) is 1. The zero-order chi connectivity index (χ0) is 11.3. The van der Waals surface area contributed by atoms with Crippen LogP contribution >= 0.6 is 0 Å². The Morgan fingerprint density at radius 1 is 1.40 bits per heavy atom. The van der Waals surface area contributed by atoms with E-state index in [0.29, 0.717) is 0 Å². The predicted octanol–water partition coefficient (Wildman–Crippen LogP) is 2.64. The first-order valence-electron chi connectivity index (χ1n) is 6.63. The first kappa shape index (κ1) is 13.0. The number of hydrogen-bond acceptors (Lipinski definition) is 2. The molecule has 1 aliphatic heterocycles. The van der Waals surface area contributed by atoms with Gasteiger partial charge in [-0.3, -0.25) is 0 Å². The van der Waals surface area contributed by atoms with Crippen LogP contribution in [0, 0.1) is 0 Å². The smallest absolute Gasteiger partial charge is 0.00966 e. The van der Waals surface area contributed by atoms with Crippen LogP contribution in [0.25, 0.3) is 0 Å². The average molecular weight is 212 g/mol. The van der Waals surface area contributed by atoms with Crippen molar-refractivity contribution >= 4 is 0 Å². The molecule has 0 spiro atoms. The van der Waals surface area contributed by atoms with Gasteiger partial charge in [-0.2, -0.15) is 0 Å². The van der Waals surface area contributed by atoms with Crippen molar-refractivity contribution in [3.63, 3.8) is 0 Å². The maximum atomic E-state index is 3.83. The summed E-state index contributed by atoms with van der Waals surface area (Å²) in [4.78, 5) is 2.47. The topological polar surface area (TPSA) is 15.3 Å². The maximum Gasteiger partial charge on any atom is 0.00966 e. The first-order chi connectivity index (χ1) is 7.17. The monoisotopic (exact) mass is 212 g/mol. The lowest BCUT2D eigenvalue weighted by Gasteiger charge is -2.37. The van der Waals surface area contributed by atoms with Crippen LogP contribution in [-0.2, 0) is 0 Å². The van der Waals surface area contributed by atoms with E-state index in [1.807, 2.05) is 0 Å². The normalized spacial score (nSPS) is 30.4. The van der Waals surface area contributed by atoms with E-state index in [1.54, 1.807) is 0 Å². The minimum absolute atomic E-state index is 0.746. The van der Waals surface area contributed by atoms with E-state index < -0.39 is 0 Å². The van der Waals surface area contributed by atoms with Gasteiger partial charge in [0.25, 0.3) is 0 Å². The van der Waals surface area contributed by atoms with Crippen molar-refractivity contribution in [3.8, 4) is 0 Å². The summed E-state index contributed by atoms with van der Waals surface area (Å²) in [5.41, 5.74) is 0. The molecule has 0 aliphatic carbocycles. The first-order valence-corrected chi connectivity index (χ1v) is 6.63. The fraction of sp³-hybridized carbons (Fsp3) is 1.00. The van der Waals surface area contributed by atoms with E-state index in [0.717, 1.165) is 18.1 Å². The molecule has 1 aliphatic rings. The highest BCUT2D eigenvalue weighted by molar-refractivity contribution is 4.83. The molecule has 1 fully saturated rings. The Bertz CT molecular complexity index is 170. The lowest BCUT2D eigenvalue weighted by Crippen LogP contribution is -2.48. The van der Waals surface area contributed by atoms with E-state index in [-0.39, 0.29) is 0 Å². The molecule has 3 atom stereocenters. The summed E-state index contributed by atoms with van der Waals surface area (Å²) in [5, 5.41) is 3.83. The average Bonchev–Trinajstić information content (AvgIpc) is 2.23. The summed E-state index contributed by atoms with van der Waals surface area (Å²) in [6.45, 7) is 8.17. The number of rotatable bonds is 5. The Labute approximate surface area is 95.4 Å². The van der Waals surface area contributed by atoms with Crippen LogP contribution in [-0.4, -0.2) is 36.6 Å². The van der Waals surface area contributed by atoms with Gasteiger partial charge in [-0.05, 0) is 46.2 Å². The lowest BCUT2D eigenvalue weighted by molar-refractivity contribution is 0.160. The Kier molecular flexibility index (Phi) is 5.62. The second kappa shape index (κ2) is 6.49. The van der Waals surface area contributed by atoms with Gasteiger partial charge in [0.15, 0.2) is 0 Å². The molecule has 1 heterocycles. The zero-order valence-electron chi connectivity index (χ0n) is 10.9. The fourth-order valence-corrected chi connectivity index (χ4v) is 2.53. The largest absolute Gasteiger partial charge is 0.311 e. The third-order valence-electron chi connectivity index (χ3n) is 3.81. The Hall–Kier alpha value is -0.0800. The second-order valence-corrected chi connectivity index (χ2v) is 5.11. The van der Waals surface area contributed by atoms with Gasteiger partial charge < -0.3 is 10.2 Å². The van der Waals surface area contributed by atoms with Crippen LogP contribution in [0.15, 0.2) is 0 Å². The van der Waals surface area contributed by atoms with E-state index in [4.69, 9.17) is 0 Å². The van der Waals surface area contributed by atoms with Crippen molar-refractivity contribution in [1.82, 2.24) is 10.2 Å². The Morgan fingerprint density at radius 3 is 2.67 bits per heavy atom. The van der Waals surface area contributed by atoms with Gasteiger partial charge in [-0.1, -0.05) is 20.3 Å². The highest BCUT2D eigenvalue weighted by Gasteiger charge is 2.23. The van der Waals surface area contributed by atoms with Crippen LogP contribution < -0.4 is 5.32 Å². The minimum Gasteiger partial charge on any atom is -0.311 e.